The second-order valence-corrected chi connectivity index (χ2v) is 8.18. The summed E-state index contributed by atoms with van der Waals surface area (Å²) in [5.74, 6) is -1.04. The van der Waals surface area contributed by atoms with E-state index in [4.69, 9.17) is 0 Å². The second kappa shape index (κ2) is 7.93. The van der Waals surface area contributed by atoms with E-state index in [-0.39, 0.29) is 23.5 Å². The van der Waals surface area contributed by atoms with E-state index in [1.165, 1.54) is 12.1 Å². The molecule has 0 bridgehead atoms. The molecule has 1 atom stereocenters. The van der Waals surface area contributed by atoms with Gasteiger partial charge in [-0.25, -0.2) is 4.39 Å². The van der Waals surface area contributed by atoms with Crippen molar-refractivity contribution in [1.82, 2.24) is 25.0 Å². The zero-order chi connectivity index (χ0) is 21.4. The molecule has 4 rings (SSSR count). The first kappa shape index (κ1) is 20.1. The van der Waals surface area contributed by atoms with Gasteiger partial charge < -0.3 is 15.2 Å². The van der Waals surface area contributed by atoms with Crippen LogP contribution in [0.4, 0.5) is 4.39 Å². The Kier molecular flexibility index (Phi) is 5.32. The Bertz CT molecular complexity index is 1100. The lowest BCUT2D eigenvalue weighted by molar-refractivity contribution is -0.136. The lowest BCUT2D eigenvalue weighted by Crippen LogP contribution is -2.45. The molecule has 0 aliphatic carbocycles. The van der Waals surface area contributed by atoms with Crippen LogP contribution < -0.4 is 5.32 Å². The van der Waals surface area contributed by atoms with Crippen molar-refractivity contribution >= 4 is 22.7 Å². The van der Waals surface area contributed by atoms with E-state index in [0.29, 0.717) is 26.1 Å². The molecular weight excluding hydrogens is 385 g/mol. The Morgan fingerprint density at radius 3 is 2.93 bits per heavy atom. The second-order valence-electron chi connectivity index (χ2n) is 8.18. The van der Waals surface area contributed by atoms with E-state index in [1.807, 2.05) is 33.3 Å². The quantitative estimate of drug-likeness (QED) is 0.677. The molecule has 1 aliphatic rings. The standard InChI is InChI=1S/C22H26FN5O2/c1-13(2)22(30)28-11-15-10-27(3)26-20(15)18(12-28)21(29)24-7-6-14-9-25-19-5-4-16(23)8-17(14)19/h4-5,8-10,13,18,25H,6-7,11-12H2,1-3H3,(H,24,29)/t18-/m1/s1. The molecule has 0 saturated carbocycles. The van der Waals surface area contributed by atoms with Gasteiger partial charge in [-0.15, -0.1) is 0 Å². The van der Waals surface area contributed by atoms with Crippen LogP contribution in [-0.4, -0.2) is 44.6 Å². The number of carbonyl (C=O) groups is 2. The molecule has 30 heavy (non-hydrogen) atoms. The molecular formula is C22H26FN5O2. The highest BCUT2D eigenvalue weighted by Gasteiger charge is 2.35. The van der Waals surface area contributed by atoms with Gasteiger partial charge >= 0.3 is 0 Å². The van der Waals surface area contributed by atoms with Gasteiger partial charge in [-0.2, -0.15) is 5.10 Å². The average Bonchev–Trinajstić information content (AvgIpc) is 3.28. The maximum absolute atomic E-state index is 13.6. The number of hydrogen-bond acceptors (Lipinski definition) is 3. The van der Waals surface area contributed by atoms with Crippen molar-refractivity contribution in [1.29, 1.82) is 0 Å². The Hall–Kier alpha value is -3.16. The number of rotatable bonds is 5. The van der Waals surface area contributed by atoms with E-state index >= 15 is 0 Å². The van der Waals surface area contributed by atoms with Crippen LogP contribution >= 0.6 is 0 Å². The molecule has 2 N–H and O–H groups in total. The lowest BCUT2D eigenvalue weighted by Gasteiger charge is -2.32. The minimum Gasteiger partial charge on any atom is -0.361 e. The van der Waals surface area contributed by atoms with Gasteiger partial charge in [-0.3, -0.25) is 14.3 Å². The molecule has 0 radical (unpaired) electrons. The van der Waals surface area contributed by atoms with Crippen molar-refractivity contribution in [2.45, 2.75) is 32.7 Å². The summed E-state index contributed by atoms with van der Waals surface area (Å²) in [6.45, 7) is 4.94. The highest BCUT2D eigenvalue weighted by Crippen LogP contribution is 2.28. The highest BCUT2D eigenvalue weighted by atomic mass is 19.1. The Morgan fingerprint density at radius 1 is 1.37 bits per heavy atom. The van der Waals surface area contributed by atoms with E-state index in [0.717, 1.165) is 27.7 Å². The van der Waals surface area contributed by atoms with Crippen LogP contribution in [0.25, 0.3) is 10.9 Å². The number of aryl methyl sites for hydroxylation is 1. The molecule has 0 spiro atoms. The number of aromatic nitrogens is 3. The first-order valence-corrected chi connectivity index (χ1v) is 10.2. The number of nitrogens with one attached hydrogen (secondary N) is 2. The number of aromatic amines is 1. The normalized spacial score (nSPS) is 16.2. The summed E-state index contributed by atoms with van der Waals surface area (Å²) in [5.41, 5.74) is 3.46. The van der Waals surface area contributed by atoms with Crippen LogP contribution in [0.1, 0.15) is 36.6 Å². The fraction of sp³-hybridized carbons (Fsp3) is 0.409. The number of nitrogens with zero attached hydrogens (tertiary/aromatic N) is 3. The molecule has 8 heteroatoms. The number of amides is 2. The fourth-order valence-electron chi connectivity index (χ4n) is 4.09. The summed E-state index contributed by atoms with van der Waals surface area (Å²) in [7, 11) is 1.82. The van der Waals surface area contributed by atoms with Gasteiger partial charge in [0.1, 0.15) is 5.82 Å². The number of hydrogen-bond donors (Lipinski definition) is 2. The van der Waals surface area contributed by atoms with Crippen LogP contribution in [0.5, 0.6) is 0 Å². The number of H-pyrrole nitrogens is 1. The van der Waals surface area contributed by atoms with E-state index in [1.54, 1.807) is 15.6 Å². The Balaban J connectivity index is 1.46. The minimum absolute atomic E-state index is 0.0307. The summed E-state index contributed by atoms with van der Waals surface area (Å²) >= 11 is 0. The molecule has 3 aromatic rings. The van der Waals surface area contributed by atoms with E-state index in [2.05, 4.69) is 15.4 Å². The molecule has 0 unspecified atom stereocenters. The molecule has 7 nitrogen and oxygen atoms in total. The Morgan fingerprint density at radius 2 is 2.17 bits per heavy atom. The predicted molar refractivity (Wildman–Crippen MR) is 111 cm³/mol. The van der Waals surface area contributed by atoms with Gasteiger partial charge in [-0.05, 0) is 30.2 Å². The monoisotopic (exact) mass is 411 g/mol. The topological polar surface area (TPSA) is 83.0 Å². The third-order valence-electron chi connectivity index (χ3n) is 5.58. The fourth-order valence-corrected chi connectivity index (χ4v) is 4.09. The summed E-state index contributed by atoms with van der Waals surface area (Å²) in [4.78, 5) is 30.4. The summed E-state index contributed by atoms with van der Waals surface area (Å²) in [6, 6.07) is 4.62. The number of benzene rings is 1. The van der Waals surface area contributed by atoms with Crippen molar-refractivity contribution in [3.63, 3.8) is 0 Å². The third-order valence-corrected chi connectivity index (χ3v) is 5.58. The molecule has 2 aromatic heterocycles. The van der Waals surface area contributed by atoms with Crippen molar-refractivity contribution in [3.8, 4) is 0 Å². The molecule has 2 amide bonds. The van der Waals surface area contributed by atoms with E-state index < -0.39 is 5.92 Å². The predicted octanol–water partition coefficient (Wildman–Crippen LogP) is 2.48. The van der Waals surface area contributed by atoms with Gasteiger partial charge in [0.15, 0.2) is 0 Å². The maximum atomic E-state index is 13.6. The SMILES string of the molecule is CC(C)C(=O)N1Cc2cn(C)nc2[C@H](C(=O)NCCc2c[nH]c3ccc(F)cc23)C1. The average molecular weight is 411 g/mol. The van der Waals surface area contributed by atoms with Crippen molar-refractivity contribution < 1.29 is 14.0 Å². The third kappa shape index (κ3) is 3.81. The summed E-state index contributed by atoms with van der Waals surface area (Å²) in [5, 5.41) is 8.27. The molecule has 0 saturated heterocycles. The van der Waals surface area contributed by atoms with Crippen LogP contribution in [0.3, 0.4) is 0 Å². The summed E-state index contributed by atoms with van der Waals surface area (Å²) < 4.78 is 15.3. The van der Waals surface area contributed by atoms with Crippen LogP contribution in [0.2, 0.25) is 0 Å². The van der Waals surface area contributed by atoms with Gasteiger partial charge in [0, 0.05) is 61.5 Å². The number of halogens is 1. The lowest BCUT2D eigenvalue weighted by atomic mass is 9.94. The zero-order valence-electron chi connectivity index (χ0n) is 17.4. The minimum atomic E-state index is -0.502. The van der Waals surface area contributed by atoms with Gasteiger partial charge in [0.25, 0.3) is 0 Å². The molecule has 1 aliphatic heterocycles. The Labute approximate surface area is 174 Å². The van der Waals surface area contributed by atoms with E-state index in [9.17, 15) is 14.0 Å². The smallest absolute Gasteiger partial charge is 0.231 e. The van der Waals surface area contributed by atoms with Gasteiger partial charge in [0.05, 0.1) is 11.6 Å². The van der Waals surface area contributed by atoms with Gasteiger partial charge in [-0.1, -0.05) is 13.8 Å². The molecule has 0 fully saturated rings. The maximum Gasteiger partial charge on any atom is 0.231 e. The van der Waals surface area contributed by atoms with Gasteiger partial charge in [0.2, 0.25) is 11.8 Å². The van der Waals surface area contributed by atoms with Crippen molar-refractivity contribution in [2.75, 3.05) is 13.1 Å². The number of carbonyl (C=O) groups excluding carboxylic acids is 2. The van der Waals surface area contributed by atoms with Crippen LogP contribution in [0, 0.1) is 11.7 Å². The van der Waals surface area contributed by atoms with Crippen molar-refractivity contribution in [2.24, 2.45) is 13.0 Å². The van der Waals surface area contributed by atoms with Crippen LogP contribution in [-0.2, 0) is 29.6 Å². The molecule has 3 heterocycles. The molecule has 158 valence electrons. The zero-order valence-corrected chi connectivity index (χ0v) is 17.4. The van der Waals surface area contributed by atoms with Crippen LogP contribution in [0.15, 0.2) is 30.6 Å². The first-order chi connectivity index (χ1) is 14.3. The largest absolute Gasteiger partial charge is 0.361 e. The van der Waals surface area contributed by atoms with Crippen molar-refractivity contribution in [3.05, 3.63) is 53.2 Å². The summed E-state index contributed by atoms with van der Waals surface area (Å²) in [6.07, 6.45) is 4.29. The first-order valence-electron chi connectivity index (χ1n) is 10.2. The molecule has 1 aromatic carbocycles. The highest BCUT2D eigenvalue weighted by molar-refractivity contribution is 5.86. The number of fused-ring (bicyclic) bond motifs is 2.